The normalized spacial score (nSPS) is 14.8. The summed E-state index contributed by atoms with van der Waals surface area (Å²) in [5.41, 5.74) is 2.02. The number of benzene rings is 2. The number of carbonyl (C=O) groups excluding carboxylic acids is 1. The Morgan fingerprint density at radius 2 is 1.71 bits per heavy atom. The minimum atomic E-state index is -0.188. The molecule has 1 N–H and O–H groups in total. The molecule has 5 nitrogen and oxygen atoms in total. The number of hydrogen-bond acceptors (Lipinski definition) is 5. The van der Waals surface area contributed by atoms with Crippen LogP contribution in [0.3, 0.4) is 0 Å². The van der Waals surface area contributed by atoms with Crippen molar-refractivity contribution in [3.05, 3.63) is 47.5 Å². The topological polar surface area (TPSA) is 65.0 Å². The first-order valence-corrected chi connectivity index (χ1v) is 13.1. The van der Waals surface area contributed by atoms with Gasteiger partial charge in [0.05, 0.1) is 6.61 Å². The van der Waals surface area contributed by atoms with Crippen LogP contribution in [0, 0.1) is 0 Å². The van der Waals surface area contributed by atoms with E-state index in [1.54, 1.807) is 12.1 Å². The van der Waals surface area contributed by atoms with Crippen LogP contribution in [0.4, 0.5) is 0 Å². The predicted octanol–water partition coefficient (Wildman–Crippen LogP) is 7.68. The van der Waals surface area contributed by atoms with Crippen molar-refractivity contribution in [1.29, 1.82) is 0 Å². The second-order valence-electron chi connectivity index (χ2n) is 9.12. The number of ether oxygens (including phenoxy) is 3. The summed E-state index contributed by atoms with van der Waals surface area (Å²) in [5, 5.41) is 9.82. The predicted molar refractivity (Wildman–Crippen MR) is 135 cm³/mol. The molecule has 0 fully saturated rings. The van der Waals surface area contributed by atoms with Crippen LogP contribution in [0.15, 0.2) is 36.4 Å². The van der Waals surface area contributed by atoms with Crippen LogP contribution in [0.5, 0.6) is 23.0 Å². The number of carbonyl (C=O) groups is 1. The van der Waals surface area contributed by atoms with E-state index in [0.717, 1.165) is 42.6 Å². The van der Waals surface area contributed by atoms with Gasteiger partial charge >= 0.3 is 5.97 Å². The Balaban J connectivity index is 1.47. The molecular weight excluding hydrogens is 428 g/mol. The second kappa shape index (κ2) is 13.9. The van der Waals surface area contributed by atoms with Crippen LogP contribution in [0.2, 0.25) is 0 Å². The summed E-state index contributed by atoms with van der Waals surface area (Å²) in [7, 11) is 0. The molecule has 1 atom stereocenters. The lowest BCUT2D eigenvalue weighted by atomic mass is 9.96. The quantitative estimate of drug-likeness (QED) is 0.175. The van der Waals surface area contributed by atoms with E-state index in [1.807, 2.05) is 31.2 Å². The molecule has 0 saturated carbocycles. The van der Waals surface area contributed by atoms with Crippen LogP contribution in [-0.2, 0) is 11.2 Å². The van der Waals surface area contributed by atoms with Crippen LogP contribution in [0.1, 0.15) is 102 Å². The first-order valence-electron chi connectivity index (χ1n) is 13.1. The summed E-state index contributed by atoms with van der Waals surface area (Å²) < 4.78 is 17.6. The number of fused-ring (bicyclic) bond motifs is 1. The minimum Gasteiger partial charge on any atom is -0.508 e. The molecule has 0 aliphatic carbocycles. The molecule has 0 bridgehead atoms. The summed E-state index contributed by atoms with van der Waals surface area (Å²) in [6.45, 7) is 4.67. The van der Waals surface area contributed by atoms with E-state index in [9.17, 15) is 9.90 Å². The van der Waals surface area contributed by atoms with E-state index < -0.39 is 0 Å². The Labute approximate surface area is 204 Å². The van der Waals surface area contributed by atoms with Crippen molar-refractivity contribution in [3.8, 4) is 23.0 Å². The van der Waals surface area contributed by atoms with Gasteiger partial charge in [-0.15, -0.1) is 0 Å². The van der Waals surface area contributed by atoms with Gasteiger partial charge in [0.25, 0.3) is 0 Å². The van der Waals surface area contributed by atoms with Gasteiger partial charge in [0.2, 0.25) is 0 Å². The maximum Gasteiger partial charge on any atom is 0.311 e. The van der Waals surface area contributed by atoms with Gasteiger partial charge in [-0.2, -0.15) is 0 Å². The standard InChI is InChI=1S/C29H40O5/c1-3-5-6-7-8-9-10-11-12-13-29(31)33-24-17-14-22-15-19-26(34-27(22)21-24)25-18-16-23(30)20-28(25)32-4-2/h14,16-18,20-21,26,30H,3-13,15,19H2,1-2H3. The zero-order chi connectivity index (χ0) is 24.2. The first kappa shape index (κ1) is 25.9. The number of esters is 1. The average Bonchev–Trinajstić information content (AvgIpc) is 2.83. The summed E-state index contributed by atoms with van der Waals surface area (Å²) in [6.07, 6.45) is 12.9. The highest BCUT2D eigenvalue weighted by atomic mass is 16.5. The zero-order valence-corrected chi connectivity index (χ0v) is 20.8. The molecule has 5 heteroatoms. The van der Waals surface area contributed by atoms with Gasteiger partial charge in [-0.1, -0.05) is 64.4 Å². The molecule has 1 aliphatic rings. The van der Waals surface area contributed by atoms with E-state index in [0.29, 0.717) is 24.5 Å². The summed E-state index contributed by atoms with van der Waals surface area (Å²) in [5.74, 6) is 1.88. The van der Waals surface area contributed by atoms with E-state index in [4.69, 9.17) is 14.2 Å². The smallest absolute Gasteiger partial charge is 0.311 e. The number of aromatic hydroxyl groups is 1. The lowest BCUT2D eigenvalue weighted by Gasteiger charge is -2.28. The first-order chi connectivity index (χ1) is 16.6. The third kappa shape index (κ3) is 7.96. The minimum absolute atomic E-state index is 0.171. The number of unbranched alkanes of at least 4 members (excludes halogenated alkanes) is 8. The summed E-state index contributed by atoms with van der Waals surface area (Å²) in [4.78, 5) is 12.3. The molecule has 0 spiro atoms. The Morgan fingerprint density at radius 3 is 2.44 bits per heavy atom. The fraction of sp³-hybridized carbons (Fsp3) is 0.552. The van der Waals surface area contributed by atoms with Gasteiger partial charge < -0.3 is 19.3 Å². The molecule has 1 aliphatic heterocycles. The monoisotopic (exact) mass is 468 g/mol. The molecular formula is C29H40O5. The average molecular weight is 469 g/mol. The lowest BCUT2D eigenvalue weighted by molar-refractivity contribution is -0.134. The third-order valence-corrected chi connectivity index (χ3v) is 6.34. The maximum absolute atomic E-state index is 12.3. The molecule has 0 saturated heterocycles. The highest BCUT2D eigenvalue weighted by Crippen LogP contribution is 2.40. The number of phenols is 1. The SMILES string of the molecule is CCCCCCCCCCCC(=O)Oc1ccc2c(c1)OC(c1ccc(O)cc1OCC)CC2. The maximum atomic E-state index is 12.3. The Bertz CT molecular complexity index is 907. The van der Waals surface area contributed by atoms with Crippen LogP contribution in [0.25, 0.3) is 0 Å². The Morgan fingerprint density at radius 1 is 0.971 bits per heavy atom. The third-order valence-electron chi connectivity index (χ3n) is 6.34. The molecule has 2 aromatic rings. The van der Waals surface area contributed by atoms with Gasteiger partial charge in [-0.3, -0.25) is 4.79 Å². The van der Waals surface area contributed by atoms with Crippen molar-refractivity contribution in [1.82, 2.24) is 0 Å². The molecule has 0 radical (unpaired) electrons. The molecule has 2 aromatic carbocycles. The fourth-order valence-electron chi connectivity index (χ4n) is 4.46. The van der Waals surface area contributed by atoms with E-state index in [2.05, 4.69) is 6.92 Å². The van der Waals surface area contributed by atoms with Gasteiger partial charge in [0, 0.05) is 24.1 Å². The molecule has 34 heavy (non-hydrogen) atoms. The molecule has 0 aromatic heterocycles. The van der Waals surface area contributed by atoms with Gasteiger partial charge in [0.15, 0.2) is 0 Å². The number of hydrogen-bond donors (Lipinski definition) is 1. The van der Waals surface area contributed by atoms with Crippen molar-refractivity contribution >= 4 is 5.97 Å². The number of phenolic OH excluding ortho intramolecular Hbond substituents is 1. The fourth-order valence-corrected chi connectivity index (χ4v) is 4.46. The largest absolute Gasteiger partial charge is 0.508 e. The molecule has 1 heterocycles. The Kier molecular flexibility index (Phi) is 10.6. The van der Waals surface area contributed by atoms with E-state index in [-0.39, 0.29) is 17.8 Å². The van der Waals surface area contributed by atoms with Crippen LogP contribution in [-0.4, -0.2) is 17.7 Å². The molecule has 1 unspecified atom stereocenters. The van der Waals surface area contributed by atoms with Crippen LogP contribution >= 0.6 is 0 Å². The van der Waals surface area contributed by atoms with Gasteiger partial charge in [-0.25, -0.2) is 0 Å². The zero-order valence-electron chi connectivity index (χ0n) is 20.8. The summed E-state index contributed by atoms with van der Waals surface area (Å²) in [6, 6.07) is 10.8. The van der Waals surface area contributed by atoms with Crippen molar-refractivity contribution in [3.63, 3.8) is 0 Å². The lowest BCUT2D eigenvalue weighted by Crippen LogP contribution is -2.16. The van der Waals surface area contributed by atoms with Crippen molar-refractivity contribution < 1.29 is 24.1 Å². The Hall–Kier alpha value is -2.69. The van der Waals surface area contributed by atoms with E-state index in [1.165, 1.54) is 44.9 Å². The second-order valence-corrected chi connectivity index (χ2v) is 9.12. The van der Waals surface area contributed by atoms with Gasteiger partial charge in [-0.05, 0) is 49.9 Å². The van der Waals surface area contributed by atoms with Crippen LogP contribution < -0.4 is 14.2 Å². The highest BCUT2D eigenvalue weighted by Gasteiger charge is 2.25. The summed E-state index contributed by atoms with van der Waals surface area (Å²) >= 11 is 0. The number of aryl methyl sites for hydroxylation is 1. The van der Waals surface area contributed by atoms with Crippen molar-refractivity contribution in [2.75, 3.05) is 6.61 Å². The highest BCUT2D eigenvalue weighted by molar-refractivity contribution is 5.72. The molecule has 186 valence electrons. The molecule has 0 amide bonds. The molecule has 3 rings (SSSR count). The van der Waals surface area contributed by atoms with E-state index >= 15 is 0 Å². The van der Waals surface area contributed by atoms with Gasteiger partial charge in [0.1, 0.15) is 29.1 Å². The van der Waals surface area contributed by atoms with Crippen molar-refractivity contribution in [2.24, 2.45) is 0 Å². The van der Waals surface area contributed by atoms with Crippen molar-refractivity contribution in [2.45, 2.75) is 97.0 Å². The number of rotatable bonds is 14.